The molecule has 0 unspecified atom stereocenters. The number of benzene rings is 2. The minimum atomic E-state index is 0.904. The van der Waals surface area contributed by atoms with E-state index in [-0.39, 0.29) is 0 Å². The summed E-state index contributed by atoms with van der Waals surface area (Å²) in [6, 6.07) is 15.8. The topological polar surface area (TPSA) is 51.6 Å². The van der Waals surface area contributed by atoms with Gasteiger partial charge in [0, 0.05) is 0 Å². The molecule has 1 aliphatic rings. The van der Waals surface area contributed by atoms with Crippen LogP contribution in [0.5, 0.6) is 0 Å². The third-order valence-electron chi connectivity index (χ3n) is 3.40. The normalized spacial score (nSPS) is 13.1. The fourth-order valence-corrected chi connectivity index (χ4v) is 4.36. The highest BCUT2D eigenvalue weighted by atomic mass is 32.2. The molecule has 5 rings (SSSR count). The molecule has 0 atom stereocenters. The summed E-state index contributed by atoms with van der Waals surface area (Å²) in [7, 11) is 0. The number of hydrogen-bond acceptors (Lipinski definition) is 6. The molecule has 2 aromatic heterocycles. The first-order chi connectivity index (χ1) is 10.9. The van der Waals surface area contributed by atoms with E-state index in [1.54, 1.807) is 23.5 Å². The second-order valence-electron chi connectivity index (χ2n) is 4.85. The Labute approximate surface area is 134 Å². The van der Waals surface area contributed by atoms with Gasteiger partial charge in [-0.2, -0.15) is 0 Å². The third kappa shape index (κ3) is 1.88. The van der Waals surface area contributed by atoms with Crippen LogP contribution in [0.4, 0.5) is 0 Å². The van der Waals surface area contributed by atoms with Gasteiger partial charge in [-0.1, -0.05) is 24.3 Å². The minimum absolute atomic E-state index is 0.904. The highest BCUT2D eigenvalue weighted by molar-refractivity contribution is 8.04. The van der Waals surface area contributed by atoms with E-state index in [4.69, 9.17) is 19.9 Å². The van der Waals surface area contributed by atoms with E-state index in [1.165, 1.54) is 0 Å². The Bertz CT molecular complexity index is 882. The lowest BCUT2D eigenvalue weighted by molar-refractivity contribution is 0.901. The van der Waals surface area contributed by atoms with Crippen molar-refractivity contribution in [3.05, 3.63) is 48.5 Å². The highest BCUT2D eigenvalue weighted by Crippen LogP contribution is 2.45. The Morgan fingerprint density at radius 1 is 0.455 bits per heavy atom. The minimum Gasteiger partial charge on any atom is -0.237 e. The molecular formula is C16H8N4S2. The fraction of sp³-hybridized carbons (Fsp3) is 0. The summed E-state index contributed by atoms with van der Waals surface area (Å²) in [6.45, 7) is 0. The van der Waals surface area contributed by atoms with Crippen molar-refractivity contribution in [1.29, 1.82) is 0 Å². The van der Waals surface area contributed by atoms with Crippen LogP contribution in [0.3, 0.4) is 0 Å². The molecule has 0 fully saturated rings. The average Bonchev–Trinajstić information content (AvgIpc) is 2.56. The van der Waals surface area contributed by atoms with Crippen molar-refractivity contribution in [1.82, 2.24) is 19.9 Å². The average molecular weight is 320 g/mol. The summed E-state index contributed by atoms with van der Waals surface area (Å²) in [4.78, 5) is 18.8. The van der Waals surface area contributed by atoms with E-state index in [0.717, 1.165) is 42.2 Å². The van der Waals surface area contributed by atoms with Crippen molar-refractivity contribution >= 4 is 45.6 Å². The zero-order chi connectivity index (χ0) is 14.5. The van der Waals surface area contributed by atoms with Gasteiger partial charge in [0.2, 0.25) is 0 Å². The zero-order valence-corrected chi connectivity index (χ0v) is 12.9. The van der Waals surface area contributed by atoms with Crippen LogP contribution in [-0.4, -0.2) is 19.9 Å². The molecule has 2 aromatic carbocycles. The molecule has 0 radical (unpaired) electrons. The Hall–Kier alpha value is -2.18. The summed E-state index contributed by atoms with van der Waals surface area (Å²) in [5.41, 5.74) is 3.64. The van der Waals surface area contributed by atoms with Gasteiger partial charge in [0.15, 0.2) is 0 Å². The van der Waals surface area contributed by atoms with Crippen LogP contribution in [0.15, 0.2) is 68.6 Å². The maximum atomic E-state index is 4.71. The van der Waals surface area contributed by atoms with Crippen molar-refractivity contribution in [2.24, 2.45) is 0 Å². The number of hydrogen-bond donors (Lipinski definition) is 0. The van der Waals surface area contributed by atoms with Gasteiger partial charge >= 0.3 is 0 Å². The number of rotatable bonds is 0. The van der Waals surface area contributed by atoms with Crippen molar-refractivity contribution in [3.63, 3.8) is 0 Å². The van der Waals surface area contributed by atoms with Gasteiger partial charge in [-0.3, -0.25) is 0 Å². The molecule has 6 heteroatoms. The maximum absolute atomic E-state index is 4.71. The molecule has 4 nitrogen and oxygen atoms in total. The zero-order valence-electron chi connectivity index (χ0n) is 11.2. The van der Waals surface area contributed by atoms with Gasteiger partial charge in [-0.25, -0.2) is 19.9 Å². The standard InChI is InChI=1S/C16H8N4S2/c1-2-6-10-9(5-1)17-13-14(18-10)22-16-15(21-13)19-11-7-3-4-8-12(11)20-16/h1-8H. The van der Waals surface area contributed by atoms with Gasteiger partial charge < -0.3 is 0 Å². The molecule has 0 bridgehead atoms. The van der Waals surface area contributed by atoms with Gasteiger partial charge in [-0.15, -0.1) is 0 Å². The Kier molecular flexibility index (Phi) is 2.62. The van der Waals surface area contributed by atoms with Crippen molar-refractivity contribution < 1.29 is 0 Å². The monoisotopic (exact) mass is 320 g/mol. The molecular weight excluding hydrogens is 312 g/mol. The largest absolute Gasteiger partial charge is 0.237 e. The first-order valence-electron chi connectivity index (χ1n) is 6.76. The van der Waals surface area contributed by atoms with Crippen LogP contribution in [0.25, 0.3) is 22.1 Å². The molecule has 0 saturated heterocycles. The van der Waals surface area contributed by atoms with Gasteiger partial charge in [0.05, 0.1) is 22.1 Å². The van der Waals surface area contributed by atoms with Gasteiger partial charge in [0.1, 0.15) is 20.1 Å². The van der Waals surface area contributed by atoms with Crippen LogP contribution >= 0.6 is 23.5 Å². The molecule has 4 aromatic rings. The second kappa shape index (κ2) is 4.66. The molecule has 0 amide bonds. The molecule has 0 spiro atoms. The van der Waals surface area contributed by atoms with E-state index in [0.29, 0.717) is 0 Å². The number of nitrogens with zero attached hydrogens (tertiary/aromatic N) is 4. The van der Waals surface area contributed by atoms with Crippen LogP contribution in [0.1, 0.15) is 0 Å². The van der Waals surface area contributed by atoms with E-state index in [9.17, 15) is 0 Å². The summed E-state index contributed by atoms with van der Waals surface area (Å²) in [5.74, 6) is 0. The predicted molar refractivity (Wildman–Crippen MR) is 87.3 cm³/mol. The van der Waals surface area contributed by atoms with E-state index in [1.807, 2.05) is 48.5 Å². The van der Waals surface area contributed by atoms with Crippen LogP contribution in [-0.2, 0) is 0 Å². The summed E-state index contributed by atoms with van der Waals surface area (Å²) >= 11 is 3.09. The highest BCUT2D eigenvalue weighted by Gasteiger charge is 2.23. The molecule has 0 saturated carbocycles. The first-order valence-corrected chi connectivity index (χ1v) is 8.39. The molecule has 3 heterocycles. The van der Waals surface area contributed by atoms with Crippen molar-refractivity contribution in [3.8, 4) is 0 Å². The predicted octanol–water partition coefficient (Wildman–Crippen LogP) is 4.19. The first kappa shape index (κ1) is 12.4. The van der Waals surface area contributed by atoms with Crippen LogP contribution in [0, 0.1) is 0 Å². The number of para-hydroxylation sites is 4. The van der Waals surface area contributed by atoms with E-state index < -0.39 is 0 Å². The van der Waals surface area contributed by atoms with Crippen molar-refractivity contribution in [2.75, 3.05) is 0 Å². The molecule has 0 aliphatic carbocycles. The van der Waals surface area contributed by atoms with Crippen molar-refractivity contribution in [2.45, 2.75) is 20.1 Å². The number of fused-ring (bicyclic) bond motifs is 4. The summed E-state index contributed by atoms with van der Waals surface area (Å²) in [6.07, 6.45) is 0. The smallest absolute Gasteiger partial charge is 0.136 e. The lowest BCUT2D eigenvalue weighted by Crippen LogP contribution is -2.00. The number of aromatic nitrogens is 4. The molecule has 104 valence electrons. The fourth-order valence-electron chi connectivity index (χ4n) is 2.38. The van der Waals surface area contributed by atoms with E-state index in [2.05, 4.69) is 0 Å². The SMILES string of the molecule is c1ccc2nc3c(nc2c1)Sc1nc2ccccc2nc1S3. The Balaban J connectivity index is 1.71. The Morgan fingerprint density at radius 3 is 1.00 bits per heavy atom. The quantitative estimate of drug-likeness (QED) is 0.426. The molecule has 0 N–H and O–H groups in total. The lowest BCUT2D eigenvalue weighted by Gasteiger charge is -2.15. The van der Waals surface area contributed by atoms with Gasteiger partial charge in [0.25, 0.3) is 0 Å². The van der Waals surface area contributed by atoms with Crippen LogP contribution < -0.4 is 0 Å². The van der Waals surface area contributed by atoms with Gasteiger partial charge in [-0.05, 0) is 47.8 Å². The lowest BCUT2D eigenvalue weighted by atomic mass is 10.3. The Morgan fingerprint density at radius 2 is 0.727 bits per heavy atom. The molecule has 22 heavy (non-hydrogen) atoms. The summed E-state index contributed by atoms with van der Waals surface area (Å²) in [5, 5.41) is 3.61. The summed E-state index contributed by atoms with van der Waals surface area (Å²) < 4.78 is 0. The van der Waals surface area contributed by atoms with E-state index >= 15 is 0 Å². The molecule has 1 aliphatic heterocycles. The second-order valence-corrected chi connectivity index (χ2v) is 6.80. The third-order valence-corrected chi connectivity index (χ3v) is 5.57. The van der Waals surface area contributed by atoms with Crippen LogP contribution in [0.2, 0.25) is 0 Å². The maximum Gasteiger partial charge on any atom is 0.136 e.